The van der Waals surface area contributed by atoms with Crippen LogP contribution in [0, 0.1) is 0 Å². The van der Waals surface area contributed by atoms with Crippen LogP contribution in [0.25, 0.3) is 65.7 Å². The Labute approximate surface area is 250 Å². The summed E-state index contributed by atoms with van der Waals surface area (Å²) >= 11 is 0. The van der Waals surface area contributed by atoms with Crippen LogP contribution in [0.1, 0.15) is 6.92 Å². The van der Waals surface area contributed by atoms with Gasteiger partial charge < -0.3 is 9.32 Å². The van der Waals surface area contributed by atoms with Crippen LogP contribution in [0.3, 0.4) is 0 Å². The second-order valence-electron chi connectivity index (χ2n) is 11.8. The summed E-state index contributed by atoms with van der Waals surface area (Å²) in [6, 6.07) is 42.6. The Morgan fingerprint density at radius 1 is 0.605 bits per heavy atom. The van der Waals surface area contributed by atoms with E-state index in [4.69, 9.17) is 4.42 Å². The van der Waals surface area contributed by atoms with Gasteiger partial charge in [-0.25, -0.2) is 0 Å². The average molecular weight is 555 g/mol. The molecule has 0 amide bonds. The van der Waals surface area contributed by atoms with Crippen LogP contribution in [0.2, 0.25) is 0 Å². The Morgan fingerprint density at radius 3 is 2.21 bits per heavy atom. The van der Waals surface area contributed by atoms with Gasteiger partial charge in [0.1, 0.15) is 11.2 Å². The zero-order valence-corrected chi connectivity index (χ0v) is 23.9. The number of fused-ring (bicyclic) bond motifs is 7. The Morgan fingerprint density at radius 2 is 1.33 bits per heavy atom. The third-order valence-electron chi connectivity index (χ3n) is 9.29. The van der Waals surface area contributed by atoms with Crippen molar-refractivity contribution in [3.05, 3.63) is 140 Å². The van der Waals surface area contributed by atoms with Gasteiger partial charge in [-0.15, -0.1) is 0 Å². The van der Waals surface area contributed by atoms with E-state index >= 15 is 0 Å². The van der Waals surface area contributed by atoms with Gasteiger partial charge in [0.25, 0.3) is 0 Å². The Bertz CT molecular complexity index is 2270. The van der Waals surface area contributed by atoms with Crippen LogP contribution in [0.5, 0.6) is 0 Å². The third kappa shape index (κ3) is 3.86. The van der Waals surface area contributed by atoms with Crippen molar-refractivity contribution in [3.8, 4) is 22.3 Å². The first kappa shape index (κ1) is 24.5. The van der Waals surface area contributed by atoms with Crippen molar-refractivity contribution in [2.75, 3.05) is 4.90 Å². The SMILES string of the molecule is CC1NC2C=CC=CC2N1c1cccc(-c2ccc3cc(-c4cc5c6ccccc6oc5c5ccccc45)ccc3c2)c1. The number of furan rings is 1. The summed E-state index contributed by atoms with van der Waals surface area (Å²) in [5.74, 6) is 0. The molecule has 1 aromatic heterocycles. The standard InChI is InChI=1S/C40H30N2O/c1-25-41-37-14-5-6-15-38(37)42(25)31-10-8-9-26(23-31)27-17-18-29-22-30(20-19-28(29)21-27)35-24-36-33-12-4-7-16-39(33)43-40(36)34-13-3-2-11-32(34)35/h2-25,37-38,41H,1H3. The molecule has 9 rings (SSSR count). The van der Waals surface area contributed by atoms with Crippen molar-refractivity contribution in [2.24, 2.45) is 0 Å². The summed E-state index contributed by atoms with van der Waals surface area (Å²) in [6.45, 7) is 2.25. The molecule has 1 aliphatic carbocycles. The molecule has 2 aliphatic rings. The van der Waals surface area contributed by atoms with E-state index in [1.807, 2.05) is 6.07 Å². The highest BCUT2D eigenvalue weighted by molar-refractivity contribution is 6.19. The summed E-state index contributed by atoms with van der Waals surface area (Å²) in [5.41, 5.74) is 8.04. The Hall–Kier alpha value is -5.12. The van der Waals surface area contributed by atoms with Crippen LogP contribution in [0.4, 0.5) is 5.69 Å². The highest BCUT2D eigenvalue weighted by Gasteiger charge is 2.36. The molecule has 3 atom stereocenters. The average Bonchev–Trinajstić information content (AvgIpc) is 3.61. The van der Waals surface area contributed by atoms with Gasteiger partial charge in [0.15, 0.2) is 0 Å². The minimum absolute atomic E-state index is 0.267. The number of para-hydroxylation sites is 1. The van der Waals surface area contributed by atoms with Gasteiger partial charge in [0, 0.05) is 21.8 Å². The van der Waals surface area contributed by atoms with Crippen LogP contribution in [0.15, 0.2) is 144 Å². The molecule has 3 nitrogen and oxygen atoms in total. The molecule has 206 valence electrons. The topological polar surface area (TPSA) is 28.4 Å². The van der Waals surface area contributed by atoms with Crippen molar-refractivity contribution in [1.29, 1.82) is 0 Å². The van der Waals surface area contributed by atoms with E-state index in [1.165, 1.54) is 44.1 Å². The Balaban J connectivity index is 1.12. The maximum atomic E-state index is 6.34. The number of nitrogens with zero attached hydrogens (tertiary/aromatic N) is 1. The van der Waals surface area contributed by atoms with Crippen LogP contribution in [-0.4, -0.2) is 18.2 Å². The molecular formula is C40H30N2O. The normalized spacial score (nSPS) is 19.7. The van der Waals surface area contributed by atoms with Gasteiger partial charge in [-0.1, -0.05) is 103 Å². The number of hydrogen-bond donors (Lipinski definition) is 1. The molecule has 0 spiro atoms. The smallest absolute Gasteiger partial charge is 0.143 e. The molecule has 0 radical (unpaired) electrons. The van der Waals surface area contributed by atoms with Crippen molar-refractivity contribution in [3.63, 3.8) is 0 Å². The van der Waals surface area contributed by atoms with Crippen molar-refractivity contribution in [2.45, 2.75) is 25.2 Å². The number of nitrogens with one attached hydrogen (secondary N) is 1. The fourth-order valence-corrected chi connectivity index (χ4v) is 7.25. The van der Waals surface area contributed by atoms with Gasteiger partial charge in [-0.2, -0.15) is 0 Å². The maximum absolute atomic E-state index is 6.34. The first-order chi connectivity index (χ1) is 21.2. The summed E-state index contributed by atoms with van der Waals surface area (Å²) in [4.78, 5) is 2.49. The largest absolute Gasteiger partial charge is 0.455 e. The van der Waals surface area contributed by atoms with Crippen LogP contribution in [-0.2, 0) is 0 Å². The lowest BCUT2D eigenvalue weighted by molar-refractivity contribution is 0.623. The quantitative estimate of drug-likeness (QED) is 0.236. The molecule has 0 bridgehead atoms. The minimum atomic E-state index is 0.267. The van der Waals surface area contributed by atoms with E-state index in [9.17, 15) is 0 Å². The van der Waals surface area contributed by atoms with Crippen molar-refractivity contribution < 1.29 is 4.42 Å². The number of hydrogen-bond acceptors (Lipinski definition) is 3. The lowest BCUT2D eigenvalue weighted by Crippen LogP contribution is -2.36. The fourth-order valence-electron chi connectivity index (χ4n) is 7.25. The number of benzene rings is 6. The van der Waals surface area contributed by atoms with Gasteiger partial charge >= 0.3 is 0 Å². The molecule has 1 N–H and O–H groups in total. The van der Waals surface area contributed by atoms with E-state index < -0.39 is 0 Å². The molecule has 43 heavy (non-hydrogen) atoms. The monoisotopic (exact) mass is 554 g/mol. The predicted molar refractivity (Wildman–Crippen MR) is 181 cm³/mol. The number of anilines is 1. The highest BCUT2D eigenvalue weighted by atomic mass is 16.3. The molecule has 1 saturated heterocycles. The summed E-state index contributed by atoms with van der Waals surface area (Å²) in [5, 5.41) is 10.9. The second-order valence-corrected chi connectivity index (χ2v) is 11.8. The molecule has 0 saturated carbocycles. The van der Waals surface area contributed by atoms with E-state index in [-0.39, 0.29) is 6.17 Å². The second kappa shape index (κ2) is 9.45. The summed E-state index contributed by atoms with van der Waals surface area (Å²) in [7, 11) is 0. The minimum Gasteiger partial charge on any atom is -0.455 e. The zero-order chi connectivity index (χ0) is 28.5. The summed E-state index contributed by atoms with van der Waals surface area (Å²) in [6.07, 6.45) is 9.14. The van der Waals surface area contributed by atoms with Crippen LogP contribution >= 0.6 is 0 Å². The maximum Gasteiger partial charge on any atom is 0.143 e. The molecule has 2 heterocycles. The summed E-state index contributed by atoms with van der Waals surface area (Å²) < 4.78 is 6.34. The van der Waals surface area contributed by atoms with Gasteiger partial charge in [0.05, 0.1) is 18.2 Å². The predicted octanol–water partition coefficient (Wildman–Crippen LogP) is 9.85. The highest BCUT2D eigenvalue weighted by Crippen LogP contribution is 2.40. The van der Waals surface area contributed by atoms with Gasteiger partial charge in [0.2, 0.25) is 0 Å². The first-order valence-corrected chi connectivity index (χ1v) is 15.1. The molecule has 3 heteroatoms. The Kier molecular flexibility index (Phi) is 5.38. The molecule has 3 unspecified atom stereocenters. The van der Waals surface area contributed by atoms with E-state index in [0.717, 1.165) is 27.3 Å². The van der Waals surface area contributed by atoms with Crippen molar-refractivity contribution >= 4 is 49.2 Å². The first-order valence-electron chi connectivity index (χ1n) is 15.1. The van der Waals surface area contributed by atoms with Crippen LogP contribution < -0.4 is 10.2 Å². The molecule has 6 aromatic carbocycles. The number of allylic oxidation sites excluding steroid dienone is 2. The van der Waals surface area contributed by atoms with E-state index in [2.05, 4.69) is 151 Å². The van der Waals surface area contributed by atoms with E-state index in [0.29, 0.717) is 12.1 Å². The molecule has 7 aromatic rings. The third-order valence-corrected chi connectivity index (χ3v) is 9.29. The fraction of sp³-hybridized carbons (Fsp3) is 0.100. The van der Waals surface area contributed by atoms with Crippen molar-refractivity contribution in [1.82, 2.24) is 5.32 Å². The van der Waals surface area contributed by atoms with E-state index in [1.54, 1.807) is 0 Å². The number of rotatable bonds is 3. The molecular weight excluding hydrogens is 524 g/mol. The molecule has 1 aliphatic heterocycles. The zero-order valence-electron chi connectivity index (χ0n) is 23.9. The van der Waals surface area contributed by atoms with Gasteiger partial charge in [-0.3, -0.25) is 5.32 Å². The lowest BCUT2D eigenvalue weighted by Gasteiger charge is -2.30. The van der Waals surface area contributed by atoms with Gasteiger partial charge in [-0.05, 0) is 81.7 Å². The molecule has 1 fully saturated rings. The lowest BCUT2D eigenvalue weighted by atomic mass is 9.93.